The summed E-state index contributed by atoms with van der Waals surface area (Å²) in [5, 5.41) is 4.25. The number of ether oxygens (including phenoxy) is 2. The maximum Gasteiger partial charge on any atom is 0.355 e. The number of β-lactam (4-membered cyclic amide) rings is 1. The second kappa shape index (κ2) is 12.1. The predicted octanol–water partition coefficient (Wildman–Crippen LogP) is 2.83. The molecule has 0 spiro atoms. The van der Waals surface area contributed by atoms with Crippen LogP contribution in [0.15, 0.2) is 78.0 Å². The van der Waals surface area contributed by atoms with Crippen molar-refractivity contribution in [2.45, 2.75) is 37.0 Å². The third kappa shape index (κ3) is 6.19. The molecule has 0 aromatic heterocycles. The summed E-state index contributed by atoms with van der Waals surface area (Å²) in [4.78, 5) is 46.5. The third-order valence-electron chi connectivity index (χ3n) is 6.80. The second-order valence-electron chi connectivity index (χ2n) is 9.56. The number of amides is 2. The molecule has 2 aromatic carbocycles. The van der Waals surface area contributed by atoms with E-state index in [4.69, 9.17) is 14.3 Å². The van der Waals surface area contributed by atoms with Gasteiger partial charge in [-0.1, -0.05) is 54.6 Å². The highest BCUT2D eigenvalue weighted by Gasteiger charge is 2.54. The molecule has 2 amide bonds. The smallest absolute Gasteiger partial charge is 0.355 e. The van der Waals surface area contributed by atoms with Crippen LogP contribution in [0.5, 0.6) is 5.75 Å². The van der Waals surface area contributed by atoms with Crippen molar-refractivity contribution in [2.75, 3.05) is 26.5 Å². The van der Waals surface area contributed by atoms with Crippen LogP contribution in [0.25, 0.3) is 0 Å². The van der Waals surface area contributed by atoms with Gasteiger partial charge in [0.25, 0.3) is 5.91 Å². The first-order valence-electron chi connectivity index (χ1n) is 12.8. The Hall–Kier alpha value is -3.60. The number of fused-ring (bicyclic) bond motifs is 1. The number of nitrogens with zero attached hydrogens (tertiary/aromatic N) is 2. The molecule has 204 valence electrons. The van der Waals surface area contributed by atoms with E-state index in [-0.39, 0.29) is 42.0 Å². The van der Waals surface area contributed by atoms with Gasteiger partial charge in [-0.25, -0.2) is 4.79 Å². The highest BCUT2D eigenvalue weighted by molar-refractivity contribution is 8.00. The molecule has 3 heterocycles. The summed E-state index contributed by atoms with van der Waals surface area (Å²) in [6.45, 7) is 0.869. The van der Waals surface area contributed by atoms with E-state index in [1.807, 2.05) is 61.7 Å². The van der Waals surface area contributed by atoms with Crippen LogP contribution in [-0.2, 0) is 37.0 Å². The van der Waals surface area contributed by atoms with Gasteiger partial charge in [0, 0.05) is 19.3 Å². The number of hydroxylamine groups is 2. The fourth-order valence-electron chi connectivity index (χ4n) is 4.71. The Kier molecular flexibility index (Phi) is 8.35. The molecule has 9 nitrogen and oxygen atoms in total. The fraction of sp³-hybridized carbons (Fsp3) is 0.345. The number of benzene rings is 2. The highest BCUT2D eigenvalue weighted by Crippen LogP contribution is 2.41. The van der Waals surface area contributed by atoms with E-state index >= 15 is 0 Å². The van der Waals surface area contributed by atoms with Gasteiger partial charge in [-0.2, -0.15) is 5.06 Å². The van der Waals surface area contributed by atoms with E-state index < -0.39 is 12.0 Å². The summed E-state index contributed by atoms with van der Waals surface area (Å²) >= 11 is 1.51. The molecule has 3 aliphatic rings. The summed E-state index contributed by atoms with van der Waals surface area (Å²) in [5.74, 6) is 0.0561. The molecule has 1 unspecified atom stereocenters. The summed E-state index contributed by atoms with van der Waals surface area (Å²) < 4.78 is 10.8. The topological polar surface area (TPSA) is 97.4 Å². The molecule has 2 fully saturated rings. The lowest BCUT2D eigenvalue weighted by atomic mass is 10.0. The molecule has 5 rings (SSSR count). The average Bonchev–Trinajstić information content (AvgIpc) is 3.38. The van der Waals surface area contributed by atoms with Crippen LogP contribution in [0.3, 0.4) is 0 Å². The molecule has 0 saturated carbocycles. The van der Waals surface area contributed by atoms with Gasteiger partial charge in [0.2, 0.25) is 5.91 Å². The van der Waals surface area contributed by atoms with Crippen molar-refractivity contribution in [2.24, 2.45) is 0 Å². The second-order valence-corrected chi connectivity index (χ2v) is 10.7. The van der Waals surface area contributed by atoms with Gasteiger partial charge >= 0.3 is 5.97 Å². The molecule has 0 bridgehead atoms. The molecule has 0 aliphatic carbocycles. The van der Waals surface area contributed by atoms with E-state index in [2.05, 4.69) is 5.32 Å². The average molecular weight is 550 g/mol. The maximum atomic E-state index is 13.4. The first-order chi connectivity index (χ1) is 18.9. The van der Waals surface area contributed by atoms with Gasteiger partial charge in [-0.3, -0.25) is 19.3 Å². The number of nitrogens with one attached hydrogen (secondary N) is 1. The van der Waals surface area contributed by atoms with Crippen molar-refractivity contribution in [3.63, 3.8) is 0 Å². The molecule has 2 aromatic rings. The van der Waals surface area contributed by atoms with E-state index in [1.54, 1.807) is 24.3 Å². The lowest BCUT2D eigenvalue weighted by molar-refractivity contribution is -0.153. The zero-order valence-corrected chi connectivity index (χ0v) is 22.7. The summed E-state index contributed by atoms with van der Waals surface area (Å²) in [7, 11) is 3.46. The molecular weight excluding hydrogens is 518 g/mol. The summed E-state index contributed by atoms with van der Waals surface area (Å²) in [6, 6.07) is 15.9. The number of rotatable bonds is 9. The number of hydrogen-bond donors (Lipinski definition) is 1. The van der Waals surface area contributed by atoms with E-state index in [0.29, 0.717) is 17.1 Å². The molecule has 3 atom stereocenters. The van der Waals surface area contributed by atoms with Gasteiger partial charge < -0.3 is 14.8 Å². The molecule has 39 heavy (non-hydrogen) atoms. The maximum absolute atomic E-state index is 13.4. The minimum atomic E-state index is -0.701. The van der Waals surface area contributed by atoms with Crippen molar-refractivity contribution < 1.29 is 28.7 Å². The summed E-state index contributed by atoms with van der Waals surface area (Å²) in [6.07, 6.45) is 4.69. The zero-order valence-electron chi connectivity index (χ0n) is 21.9. The Morgan fingerprint density at radius 2 is 1.90 bits per heavy atom. The quantitative estimate of drug-likeness (QED) is 0.377. The SMILES string of the molecule is COc1ccc(COC(=O)C2=C(/C=C/C3CCN(C)O3)CS[C@H]3[C@H](NC(=O)Cc4ccccc4)C(=O)N23)cc1. The monoisotopic (exact) mass is 549 g/mol. The van der Waals surface area contributed by atoms with Crippen molar-refractivity contribution in [1.82, 2.24) is 15.3 Å². The van der Waals surface area contributed by atoms with Crippen LogP contribution in [0.1, 0.15) is 17.5 Å². The number of esters is 1. The van der Waals surface area contributed by atoms with Crippen LogP contribution in [-0.4, -0.2) is 71.7 Å². The molecule has 1 N–H and O–H groups in total. The largest absolute Gasteiger partial charge is 0.497 e. The van der Waals surface area contributed by atoms with Crippen LogP contribution in [0.4, 0.5) is 0 Å². The lowest BCUT2D eigenvalue weighted by Crippen LogP contribution is -2.70. The first-order valence-corrected chi connectivity index (χ1v) is 13.8. The lowest BCUT2D eigenvalue weighted by Gasteiger charge is -2.49. The molecule has 3 aliphatic heterocycles. The Morgan fingerprint density at radius 3 is 2.59 bits per heavy atom. The minimum absolute atomic E-state index is 0.0525. The van der Waals surface area contributed by atoms with E-state index in [0.717, 1.165) is 24.1 Å². The van der Waals surface area contributed by atoms with Crippen molar-refractivity contribution in [3.05, 3.63) is 89.1 Å². The third-order valence-corrected chi connectivity index (χ3v) is 8.10. The molecule has 10 heteroatoms. The van der Waals surface area contributed by atoms with Crippen molar-refractivity contribution in [1.29, 1.82) is 0 Å². The van der Waals surface area contributed by atoms with Crippen LogP contribution in [0.2, 0.25) is 0 Å². The highest BCUT2D eigenvalue weighted by atomic mass is 32.2. The zero-order chi connectivity index (χ0) is 27.4. The standard InChI is InChI=1S/C29H31N3O6S/c1-31-15-14-23(38-31)13-10-21-18-39-28-25(30-24(33)16-19-6-4-3-5-7-19)27(34)32(28)26(21)29(35)37-17-20-8-11-22(36-2)12-9-20/h3-13,23,25,28H,14-18H2,1-2H3,(H,30,33)/b13-10+/t23?,25-,28+/m1/s1. The number of methoxy groups -OCH3 is 1. The first kappa shape index (κ1) is 27.0. The Bertz CT molecular complexity index is 1280. The van der Waals surface area contributed by atoms with Crippen molar-refractivity contribution in [3.8, 4) is 5.75 Å². The molecule has 2 saturated heterocycles. The number of hydrogen-bond acceptors (Lipinski definition) is 8. The number of carbonyl (C=O) groups is 3. The summed E-state index contributed by atoms with van der Waals surface area (Å²) in [5.41, 5.74) is 2.57. The van der Waals surface area contributed by atoms with Gasteiger partial charge in [0.05, 0.1) is 19.6 Å². The van der Waals surface area contributed by atoms with Crippen LogP contribution >= 0.6 is 11.8 Å². The van der Waals surface area contributed by atoms with Gasteiger partial charge in [0.1, 0.15) is 29.5 Å². The number of allylic oxidation sites excluding steroid dienone is 1. The van der Waals surface area contributed by atoms with E-state index in [9.17, 15) is 14.4 Å². The van der Waals surface area contributed by atoms with Gasteiger partial charge in [0.15, 0.2) is 0 Å². The Labute approximate surface area is 231 Å². The van der Waals surface area contributed by atoms with Crippen molar-refractivity contribution >= 4 is 29.5 Å². The molecule has 0 radical (unpaired) electrons. The van der Waals surface area contributed by atoms with Gasteiger partial charge in [-0.05, 0) is 35.3 Å². The fourth-order valence-corrected chi connectivity index (χ4v) is 6.02. The molecular formula is C29H31N3O6S. The van der Waals surface area contributed by atoms with E-state index in [1.165, 1.54) is 16.7 Å². The number of carbonyl (C=O) groups excluding carboxylic acids is 3. The predicted molar refractivity (Wildman–Crippen MR) is 146 cm³/mol. The normalized spacial score (nSPS) is 23.0. The number of thioether (sulfide) groups is 1. The van der Waals surface area contributed by atoms with Crippen LogP contribution in [0, 0.1) is 0 Å². The van der Waals surface area contributed by atoms with Crippen LogP contribution < -0.4 is 10.1 Å². The minimum Gasteiger partial charge on any atom is -0.497 e. The van der Waals surface area contributed by atoms with Gasteiger partial charge in [-0.15, -0.1) is 11.8 Å². The Balaban J connectivity index is 1.31. The Morgan fingerprint density at radius 1 is 1.13 bits per heavy atom.